The summed E-state index contributed by atoms with van der Waals surface area (Å²) in [6.07, 6.45) is -1.58. The topological polar surface area (TPSA) is 77.8 Å². The van der Waals surface area contributed by atoms with Gasteiger partial charge in [-0.3, -0.25) is 0 Å². The van der Waals surface area contributed by atoms with Crippen molar-refractivity contribution in [2.45, 2.75) is 31.0 Å². The Morgan fingerprint density at radius 3 is 1.89 bits per heavy atom. The molecule has 0 spiro atoms. The molecule has 0 radical (unpaired) electrons. The Labute approximate surface area is 108 Å². The van der Waals surface area contributed by atoms with Crippen molar-refractivity contribution in [2.24, 2.45) is 0 Å². The molecule has 0 aromatic heterocycles. The Kier molecular flexibility index (Phi) is 5.28. The number of sulfonamides is 1. The third-order valence-electron chi connectivity index (χ3n) is 2.32. The molecule has 0 aliphatic rings. The molecular weight excluding hydrogens is 254 g/mol. The van der Waals surface area contributed by atoms with Crippen LogP contribution in [-0.4, -0.2) is 48.2 Å². The molecule has 102 valence electrons. The molecule has 0 saturated heterocycles. The molecule has 6 heteroatoms. The van der Waals surface area contributed by atoms with Crippen LogP contribution in [0.3, 0.4) is 0 Å². The van der Waals surface area contributed by atoms with E-state index in [1.807, 2.05) is 0 Å². The van der Waals surface area contributed by atoms with Gasteiger partial charge < -0.3 is 10.2 Å². The lowest BCUT2D eigenvalue weighted by Gasteiger charge is -2.24. The van der Waals surface area contributed by atoms with Crippen molar-refractivity contribution >= 4 is 10.0 Å². The van der Waals surface area contributed by atoms with E-state index in [1.54, 1.807) is 18.2 Å². The molecule has 0 amide bonds. The highest BCUT2D eigenvalue weighted by Crippen LogP contribution is 2.16. The molecule has 2 atom stereocenters. The molecule has 2 N–H and O–H groups in total. The van der Waals surface area contributed by atoms with E-state index in [9.17, 15) is 18.6 Å². The van der Waals surface area contributed by atoms with Crippen LogP contribution in [0.4, 0.5) is 0 Å². The average Bonchev–Trinajstić information content (AvgIpc) is 2.28. The molecule has 18 heavy (non-hydrogen) atoms. The van der Waals surface area contributed by atoms with Crippen LogP contribution in [0.2, 0.25) is 0 Å². The zero-order valence-corrected chi connectivity index (χ0v) is 11.3. The summed E-state index contributed by atoms with van der Waals surface area (Å²) in [6.45, 7) is 2.94. The largest absolute Gasteiger partial charge is 0.392 e. The minimum Gasteiger partial charge on any atom is -0.392 e. The van der Waals surface area contributed by atoms with Gasteiger partial charge in [0, 0.05) is 13.1 Å². The quantitative estimate of drug-likeness (QED) is 0.788. The van der Waals surface area contributed by atoms with E-state index in [0.717, 1.165) is 4.31 Å². The fraction of sp³-hybridized carbons (Fsp3) is 0.500. The highest BCUT2D eigenvalue weighted by Gasteiger charge is 2.26. The predicted molar refractivity (Wildman–Crippen MR) is 68.6 cm³/mol. The second kappa shape index (κ2) is 6.29. The summed E-state index contributed by atoms with van der Waals surface area (Å²) in [7, 11) is -3.68. The first-order chi connectivity index (χ1) is 8.34. The molecule has 0 heterocycles. The Hall–Kier alpha value is -0.950. The molecule has 0 saturated carbocycles. The average molecular weight is 273 g/mol. The minimum atomic E-state index is -3.68. The summed E-state index contributed by atoms with van der Waals surface area (Å²) in [5.74, 6) is 0. The highest BCUT2D eigenvalue weighted by atomic mass is 32.2. The van der Waals surface area contributed by atoms with Crippen LogP contribution in [0.15, 0.2) is 35.2 Å². The lowest BCUT2D eigenvalue weighted by atomic mass is 10.3. The van der Waals surface area contributed by atoms with Crippen molar-refractivity contribution in [1.82, 2.24) is 4.31 Å². The number of benzene rings is 1. The van der Waals surface area contributed by atoms with Crippen LogP contribution in [0.5, 0.6) is 0 Å². The van der Waals surface area contributed by atoms with Crippen molar-refractivity contribution in [1.29, 1.82) is 0 Å². The van der Waals surface area contributed by atoms with Crippen LogP contribution in [0.1, 0.15) is 13.8 Å². The number of aliphatic hydroxyl groups excluding tert-OH is 2. The molecule has 1 aromatic rings. The predicted octanol–water partition coefficient (Wildman–Crippen LogP) is 0.439. The number of aliphatic hydroxyl groups is 2. The standard InChI is InChI=1S/C12H19NO4S/c1-10(14)8-13(9-11(2)15)18(16,17)12-6-4-3-5-7-12/h3-7,10-11,14-15H,8-9H2,1-2H3. The first-order valence-corrected chi connectivity index (χ1v) is 7.19. The van der Waals surface area contributed by atoms with Crippen molar-refractivity contribution < 1.29 is 18.6 Å². The van der Waals surface area contributed by atoms with E-state index >= 15 is 0 Å². The second-order valence-electron chi connectivity index (χ2n) is 4.33. The van der Waals surface area contributed by atoms with Crippen molar-refractivity contribution in [3.8, 4) is 0 Å². The van der Waals surface area contributed by atoms with E-state index in [4.69, 9.17) is 0 Å². The maximum Gasteiger partial charge on any atom is 0.243 e. The zero-order valence-electron chi connectivity index (χ0n) is 10.5. The fourth-order valence-electron chi connectivity index (χ4n) is 1.60. The third kappa shape index (κ3) is 4.06. The molecule has 0 aliphatic carbocycles. The van der Waals surface area contributed by atoms with Gasteiger partial charge in [0.1, 0.15) is 0 Å². The van der Waals surface area contributed by atoms with Crippen LogP contribution in [0, 0.1) is 0 Å². The van der Waals surface area contributed by atoms with Crippen LogP contribution in [-0.2, 0) is 10.0 Å². The van der Waals surface area contributed by atoms with Gasteiger partial charge in [-0.25, -0.2) is 8.42 Å². The monoisotopic (exact) mass is 273 g/mol. The van der Waals surface area contributed by atoms with Gasteiger partial charge in [-0.15, -0.1) is 0 Å². The van der Waals surface area contributed by atoms with Crippen LogP contribution >= 0.6 is 0 Å². The third-order valence-corrected chi connectivity index (χ3v) is 4.16. The SMILES string of the molecule is CC(O)CN(CC(C)O)S(=O)(=O)c1ccccc1. The fourth-order valence-corrected chi connectivity index (χ4v) is 3.22. The Morgan fingerprint density at radius 2 is 1.50 bits per heavy atom. The van der Waals surface area contributed by atoms with E-state index in [0.29, 0.717) is 0 Å². The summed E-state index contributed by atoms with van der Waals surface area (Å²) < 4.78 is 25.7. The van der Waals surface area contributed by atoms with E-state index in [2.05, 4.69) is 0 Å². The van der Waals surface area contributed by atoms with Crippen molar-refractivity contribution in [2.75, 3.05) is 13.1 Å². The second-order valence-corrected chi connectivity index (χ2v) is 6.27. The Bertz CT molecular complexity index is 446. The van der Waals surface area contributed by atoms with Crippen molar-refractivity contribution in [3.05, 3.63) is 30.3 Å². The first-order valence-electron chi connectivity index (χ1n) is 5.75. The normalized spacial score (nSPS) is 15.6. The van der Waals surface area contributed by atoms with Gasteiger partial charge in [-0.1, -0.05) is 18.2 Å². The summed E-state index contributed by atoms with van der Waals surface area (Å²) >= 11 is 0. The molecule has 0 aliphatic heterocycles. The number of hydrogen-bond acceptors (Lipinski definition) is 4. The van der Waals surface area contributed by atoms with Gasteiger partial charge in [0.25, 0.3) is 0 Å². The van der Waals surface area contributed by atoms with Gasteiger partial charge >= 0.3 is 0 Å². The van der Waals surface area contributed by atoms with Gasteiger partial charge in [-0.2, -0.15) is 4.31 Å². The van der Waals surface area contributed by atoms with E-state index in [-0.39, 0.29) is 18.0 Å². The maximum absolute atomic E-state index is 12.3. The molecule has 0 bridgehead atoms. The van der Waals surface area contributed by atoms with E-state index in [1.165, 1.54) is 26.0 Å². The molecule has 5 nitrogen and oxygen atoms in total. The van der Waals surface area contributed by atoms with Crippen LogP contribution in [0.25, 0.3) is 0 Å². The minimum absolute atomic E-state index is 0.0396. The molecule has 1 aromatic carbocycles. The number of rotatable bonds is 6. The summed E-state index contributed by atoms with van der Waals surface area (Å²) in [4.78, 5) is 0.159. The van der Waals surface area contributed by atoms with Gasteiger partial charge in [0.2, 0.25) is 10.0 Å². The molecular formula is C12H19NO4S. The number of hydrogen-bond donors (Lipinski definition) is 2. The Balaban J connectivity index is 3.03. The van der Waals surface area contributed by atoms with Crippen molar-refractivity contribution in [3.63, 3.8) is 0 Å². The van der Waals surface area contributed by atoms with E-state index < -0.39 is 22.2 Å². The zero-order chi connectivity index (χ0) is 13.8. The smallest absolute Gasteiger partial charge is 0.243 e. The summed E-state index contributed by atoms with van der Waals surface area (Å²) in [6, 6.07) is 7.98. The van der Waals surface area contributed by atoms with Gasteiger partial charge in [0.15, 0.2) is 0 Å². The van der Waals surface area contributed by atoms with Gasteiger partial charge in [-0.05, 0) is 26.0 Å². The Morgan fingerprint density at radius 1 is 1.06 bits per heavy atom. The summed E-state index contributed by atoms with van der Waals surface area (Å²) in [5, 5.41) is 18.7. The molecule has 0 fully saturated rings. The highest BCUT2D eigenvalue weighted by molar-refractivity contribution is 7.89. The van der Waals surface area contributed by atoms with Gasteiger partial charge in [0.05, 0.1) is 17.1 Å². The first kappa shape index (κ1) is 15.1. The lowest BCUT2D eigenvalue weighted by Crippen LogP contribution is -2.40. The maximum atomic E-state index is 12.3. The number of nitrogens with zero attached hydrogens (tertiary/aromatic N) is 1. The molecule has 1 rings (SSSR count). The summed E-state index contributed by atoms with van der Waals surface area (Å²) in [5.41, 5.74) is 0. The molecule has 2 unspecified atom stereocenters. The lowest BCUT2D eigenvalue weighted by molar-refractivity contribution is 0.125. The van der Waals surface area contributed by atoms with Crippen LogP contribution < -0.4 is 0 Å².